The van der Waals surface area contributed by atoms with Crippen LogP contribution in [0.25, 0.3) is 0 Å². The Labute approximate surface area is 170 Å². The van der Waals surface area contributed by atoms with Crippen molar-refractivity contribution in [2.24, 2.45) is 0 Å². The number of imide groups is 1. The molecule has 0 spiro atoms. The van der Waals surface area contributed by atoms with Crippen LogP contribution in [0.4, 0.5) is 22.4 Å². The van der Waals surface area contributed by atoms with Gasteiger partial charge in [-0.2, -0.15) is 13.2 Å². The van der Waals surface area contributed by atoms with Crippen molar-refractivity contribution < 1.29 is 36.7 Å². The highest BCUT2D eigenvalue weighted by atomic mass is 19.4. The van der Waals surface area contributed by atoms with Crippen molar-refractivity contribution in [3.05, 3.63) is 30.1 Å². The Morgan fingerprint density at radius 2 is 1.83 bits per heavy atom. The lowest BCUT2D eigenvalue weighted by Crippen LogP contribution is -2.50. The lowest BCUT2D eigenvalue weighted by molar-refractivity contribution is -0.151. The number of piperidine rings is 1. The van der Waals surface area contributed by atoms with Gasteiger partial charge in [-0.05, 0) is 31.9 Å². The third kappa shape index (κ3) is 4.82. The van der Waals surface area contributed by atoms with Crippen LogP contribution in [0.15, 0.2) is 24.3 Å². The van der Waals surface area contributed by atoms with Crippen LogP contribution in [-0.2, 0) is 9.59 Å². The minimum Gasteiger partial charge on any atom is -0.478 e. The molecule has 164 valence electrons. The molecule has 0 bridgehead atoms. The summed E-state index contributed by atoms with van der Waals surface area (Å²) in [5, 5.41) is 0. The fraction of sp³-hybridized carbons (Fsp3) is 0.526. The topological polar surface area (TPSA) is 70.2 Å². The van der Waals surface area contributed by atoms with E-state index in [2.05, 4.69) is 0 Å². The number of ether oxygens (including phenoxy) is 1. The summed E-state index contributed by atoms with van der Waals surface area (Å²) in [6.45, 7) is -0.0281. The summed E-state index contributed by atoms with van der Waals surface area (Å²) in [4.78, 5) is 39.5. The zero-order valence-corrected chi connectivity index (χ0v) is 16.2. The molecule has 0 radical (unpaired) electrons. The number of hydrogen-bond acceptors (Lipinski definition) is 4. The molecular formula is C19H21F4N3O4. The average molecular weight is 431 g/mol. The van der Waals surface area contributed by atoms with Crippen LogP contribution in [0, 0.1) is 5.82 Å². The molecule has 0 saturated carbocycles. The van der Waals surface area contributed by atoms with Crippen molar-refractivity contribution in [1.29, 1.82) is 0 Å². The molecule has 1 aromatic rings. The van der Waals surface area contributed by atoms with Crippen LogP contribution in [0.5, 0.6) is 5.75 Å². The minimum absolute atomic E-state index is 0.0424. The van der Waals surface area contributed by atoms with Crippen LogP contribution in [0.3, 0.4) is 0 Å². The first-order chi connectivity index (χ1) is 14.1. The molecule has 2 fully saturated rings. The van der Waals surface area contributed by atoms with Crippen LogP contribution in [-0.4, -0.2) is 77.0 Å². The number of likely N-dealkylation sites (tertiary alicyclic amines) is 1. The smallest absolute Gasteiger partial charge is 0.406 e. The second kappa shape index (κ2) is 8.49. The van der Waals surface area contributed by atoms with Gasteiger partial charge in [-0.3, -0.25) is 14.5 Å². The Hall–Kier alpha value is -2.85. The number of carbonyl (C=O) groups excluding carboxylic acids is 3. The lowest BCUT2D eigenvalue weighted by atomic mass is 10.0. The second-order valence-corrected chi connectivity index (χ2v) is 7.25. The number of carbonyl (C=O) groups is 3. The highest BCUT2D eigenvalue weighted by molar-refractivity contribution is 6.02. The summed E-state index contributed by atoms with van der Waals surface area (Å²) in [5.41, 5.74) is 0. The van der Waals surface area contributed by atoms with Crippen molar-refractivity contribution in [1.82, 2.24) is 14.7 Å². The molecule has 2 heterocycles. The number of hydrogen-bond donors (Lipinski definition) is 0. The zero-order valence-electron chi connectivity index (χ0n) is 16.2. The largest absolute Gasteiger partial charge is 0.478 e. The number of urea groups is 1. The third-order valence-corrected chi connectivity index (χ3v) is 5.13. The maximum Gasteiger partial charge on any atom is 0.406 e. The Balaban J connectivity index is 1.54. The molecule has 1 atom stereocenters. The van der Waals surface area contributed by atoms with Gasteiger partial charge in [-0.15, -0.1) is 0 Å². The maximum atomic E-state index is 13.7. The van der Waals surface area contributed by atoms with Gasteiger partial charge in [0.05, 0.1) is 0 Å². The van der Waals surface area contributed by atoms with Gasteiger partial charge >= 0.3 is 12.2 Å². The standard InChI is InChI=1S/C19H21F4N3O4/c1-12(30-15-5-3-2-4-14(15)20)17(28)24-8-6-13(7-9-24)25-10-16(27)26(18(25)29)11-19(21,22)23/h2-5,12-13H,6-11H2,1H3. The fourth-order valence-electron chi connectivity index (χ4n) is 3.62. The molecule has 2 aliphatic heterocycles. The normalized spacial score (nSPS) is 19.4. The Bertz CT molecular complexity index is 824. The monoisotopic (exact) mass is 431 g/mol. The van der Waals surface area contributed by atoms with E-state index in [1.807, 2.05) is 0 Å². The molecule has 30 heavy (non-hydrogen) atoms. The van der Waals surface area contributed by atoms with Gasteiger partial charge in [0.15, 0.2) is 17.7 Å². The maximum absolute atomic E-state index is 13.7. The molecular weight excluding hydrogens is 410 g/mol. The summed E-state index contributed by atoms with van der Waals surface area (Å²) in [6, 6.07) is 4.31. The van der Waals surface area contributed by atoms with Crippen molar-refractivity contribution in [2.45, 2.75) is 38.1 Å². The van der Waals surface area contributed by atoms with E-state index in [1.165, 1.54) is 30.0 Å². The van der Waals surface area contributed by atoms with E-state index in [4.69, 9.17) is 4.74 Å². The van der Waals surface area contributed by atoms with Crippen molar-refractivity contribution in [3.63, 3.8) is 0 Å². The fourth-order valence-corrected chi connectivity index (χ4v) is 3.62. The van der Waals surface area contributed by atoms with E-state index in [0.29, 0.717) is 12.8 Å². The van der Waals surface area contributed by atoms with Crippen molar-refractivity contribution in [2.75, 3.05) is 26.2 Å². The lowest BCUT2D eigenvalue weighted by Gasteiger charge is -2.37. The first kappa shape index (κ1) is 21.8. The summed E-state index contributed by atoms with van der Waals surface area (Å²) in [6.07, 6.45) is -4.96. The van der Waals surface area contributed by atoms with Gasteiger partial charge in [0.2, 0.25) is 0 Å². The molecule has 1 aromatic carbocycles. The quantitative estimate of drug-likeness (QED) is 0.531. The summed E-state index contributed by atoms with van der Waals surface area (Å²) >= 11 is 0. The van der Waals surface area contributed by atoms with Gasteiger partial charge in [0, 0.05) is 19.1 Å². The Morgan fingerprint density at radius 3 is 2.43 bits per heavy atom. The van der Waals surface area contributed by atoms with E-state index in [-0.39, 0.29) is 29.6 Å². The van der Waals surface area contributed by atoms with Gasteiger partial charge in [-0.25, -0.2) is 9.18 Å². The number of nitrogens with zero attached hydrogens (tertiary/aromatic N) is 3. The van der Waals surface area contributed by atoms with Crippen LogP contribution in [0.2, 0.25) is 0 Å². The molecule has 4 amide bonds. The Morgan fingerprint density at radius 1 is 1.20 bits per heavy atom. The predicted octanol–water partition coefficient (Wildman–Crippen LogP) is 2.41. The molecule has 0 N–H and O–H groups in total. The van der Waals surface area contributed by atoms with Crippen molar-refractivity contribution in [3.8, 4) is 5.75 Å². The second-order valence-electron chi connectivity index (χ2n) is 7.25. The number of benzene rings is 1. The number of para-hydroxylation sites is 1. The number of alkyl halides is 3. The average Bonchev–Trinajstić information content (AvgIpc) is 2.96. The molecule has 11 heteroatoms. The van der Waals surface area contributed by atoms with E-state index >= 15 is 0 Å². The third-order valence-electron chi connectivity index (χ3n) is 5.13. The van der Waals surface area contributed by atoms with Gasteiger partial charge < -0.3 is 14.5 Å². The van der Waals surface area contributed by atoms with E-state index in [1.54, 1.807) is 6.07 Å². The highest BCUT2D eigenvalue weighted by Gasteiger charge is 2.45. The molecule has 2 aliphatic rings. The predicted molar refractivity (Wildman–Crippen MR) is 96.0 cm³/mol. The van der Waals surface area contributed by atoms with E-state index in [0.717, 1.165) is 4.90 Å². The number of halogens is 4. The van der Waals surface area contributed by atoms with Crippen LogP contribution >= 0.6 is 0 Å². The summed E-state index contributed by atoms with van der Waals surface area (Å²) < 4.78 is 56.8. The molecule has 0 aromatic heterocycles. The molecule has 1 unspecified atom stereocenters. The molecule has 0 aliphatic carbocycles. The Kier molecular flexibility index (Phi) is 6.18. The van der Waals surface area contributed by atoms with Gasteiger partial charge in [0.25, 0.3) is 11.8 Å². The van der Waals surface area contributed by atoms with E-state index < -0.39 is 49.2 Å². The minimum atomic E-state index is -4.66. The number of rotatable bonds is 5. The molecule has 7 nitrogen and oxygen atoms in total. The molecule has 3 rings (SSSR count). The molecule has 2 saturated heterocycles. The van der Waals surface area contributed by atoms with Crippen molar-refractivity contribution >= 4 is 17.8 Å². The number of amides is 4. The van der Waals surface area contributed by atoms with Gasteiger partial charge in [-0.1, -0.05) is 12.1 Å². The first-order valence-electron chi connectivity index (χ1n) is 9.44. The SMILES string of the molecule is CC(Oc1ccccc1F)C(=O)N1CCC(N2CC(=O)N(CC(F)(F)F)C2=O)CC1. The summed E-state index contributed by atoms with van der Waals surface area (Å²) in [5.74, 6) is -1.88. The summed E-state index contributed by atoms with van der Waals surface area (Å²) in [7, 11) is 0. The van der Waals surface area contributed by atoms with Crippen LogP contribution in [0.1, 0.15) is 19.8 Å². The van der Waals surface area contributed by atoms with Crippen LogP contribution < -0.4 is 4.74 Å². The van der Waals surface area contributed by atoms with E-state index in [9.17, 15) is 31.9 Å². The highest BCUT2D eigenvalue weighted by Crippen LogP contribution is 2.26. The first-order valence-corrected chi connectivity index (χ1v) is 9.44. The van der Waals surface area contributed by atoms with Gasteiger partial charge in [0.1, 0.15) is 13.1 Å². The zero-order chi connectivity index (χ0) is 22.1.